The third-order valence-electron chi connectivity index (χ3n) is 2.85. The Balaban J connectivity index is 2.90. The van der Waals surface area contributed by atoms with Crippen molar-refractivity contribution in [2.24, 2.45) is 0 Å². The number of rotatable bonds is 4. The van der Waals surface area contributed by atoms with Crippen molar-refractivity contribution >= 4 is 39.4 Å². The minimum Gasteiger partial charge on any atom is -0.443 e. The summed E-state index contributed by atoms with van der Waals surface area (Å²) in [6, 6.07) is 4.56. The zero-order chi connectivity index (χ0) is 17.6. The molecule has 3 amide bonds. The molecule has 0 heterocycles. The van der Waals surface area contributed by atoms with Gasteiger partial charge in [0, 0.05) is 11.0 Å². The number of halogens is 1. The molecule has 23 heavy (non-hydrogen) atoms. The summed E-state index contributed by atoms with van der Waals surface area (Å²) >= 11 is 3.32. The van der Waals surface area contributed by atoms with Gasteiger partial charge in [-0.3, -0.25) is 0 Å². The van der Waals surface area contributed by atoms with E-state index in [9.17, 15) is 9.59 Å². The van der Waals surface area contributed by atoms with Gasteiger partial charge in [0.05, 0.1) is 11.4 Å². The number of urea groups is 1. The summed E-state index contributed by atoms with van der Waals surface area (Å²) in [4.78, 5) is 25.8. The van der Waals surface area contributed by atoms with E-state index in [2.05, 4.69) is 21.2 Å². The van der Waals surface area contributed by atoms with E-state index in [0.29, 0.717) is 17.8 Å². The van der Waals surface area contributed by atoms with Crippen molar-refractivity contribution in [1.82, 2.24) is 4.90 Å². The van der Waals surface area contributed by atoms with E-state index in [0.717, 1.165) is 15.8 Å². The van der Waals surface area contributed by atoms with Crippen molar-refractivity contribution in [1.29, 1.82) is 0 Å². The van der Waals surface area contributed by atoms with Crippen LogP contribution in [0.1, 0.15) is 40.5 Å². The average Bonchev–Trinajstić information content (AvgIpc) is 2.41. The highest BCUT2D eigenvalue weighted by Gasteiger charge is 2.27. The van der Waals surface area contributed by atoms with Crippen LogP contribution in [0.4, 0.5) is 21.0 Å². The summed E-state index contributed by atoms with van der Waals surface area (Å²) in [5.41, 5.74) is 6.03. The minimum atomic E-state index is -0.670. The number of nitrogen functional groups attached to an aromatic ring is 1. The van der Waals surface area contributed by atoms with Gasteiger partial charge in [0.25, 0.3) is 0 Å². The SMILES string of the molecule is CCCCN(C(=O)Nc1cc(Br)ccc1N)C(=O)OC(C)(C)C. The molecule has 0 aliphatic rings. The van der Waals surface area contributed by atoms with Crippen LogP contribution in [0.15, 0.2) is 22.7 Å². The molecule has 0 spiro atoms. The van der Waals surface area contributed by atoms with Crippen molar-refractivity contribution in [3.63, 3.8) is 0 Å². The smallest absolute Gasteiger partial charge is 0.418 e. The molecule has 0 radical (unpaired) electrons. The largest absolute Gasteiger partial charge is 0.443 e. The van der Waals surface area contributed by atoms with Gasteiger partial charge in [0.2, 0.25) is 0 Å². The molecule has 0 saturated heterocycles. The van der Waals surface area contributed by atoms with Gasteiger partial charge < -0.3 is 15.8 Å². The molecular weight excluding hydrogens is 362 g/mol. The number of nitrogens with two attached hydrogens (primary N) is 1. The Morgan fingerprint density at radius 3 is 2.57 bits per heavy atom. The van der Waals surface area contributed by atoms with Crippen LogP contribution in [0.25, 0.3) is 0 Å². The van der Waals surface area contributed by atoms with E-state index in [1.165, 1.54) is 0 Å². The van der Waals surface area contributed by atoms with Gasteiger partial charge in [0.1, 0.15) is 5.60 Å². The molecule has 128 valence electrons. The van der Waals surface area contributed by atoms with Gasteiger partial charge in [-0.2, -0.15) is 0 Å². The monoisotopic (exact) mass is 385 g/mol. The summed E-state index contributed by atoms with van der Waals surface area (Å²) < 4.78 is 6.07. The number of carbonyl (C=O) groups excluding carboxylic acids is 2. The highest BCUT2D eigenvalue weighted by molar-refractivity contribution is 9.10. The first-order chi connectivity index (χ1) is 10.6. The zero-order valence-electron chi connectivity index (χ0n) is 14.0. The van der Waals surface area contributed by atoms with Crippen molar-refractivity contribution in [2.75, 3.05) is 17.6 Å². The van der Waals surface area contributed by atoms with Crippen LogP contribution in [-0.4, -0.2) is 29.2 Å². The standard InChI is InChI=1S/C16H24BrN3O3/c1-5-6-9-20(15(22)23-16(2,3)4)14(21)19-13-10-11(17)7-8-12(13)18/h7-8,10H,5-6,9,18H2,1-4H3,(H,19,21). The number of unbranched alkanes of at least 4 members (excludes halogenated alkanes) is 1. The molecule has 0 unspecified atom stereocenters. The summed E-state index contributed by atoms with van der Waals surface area (Å²) in [7, 11) is 0. The number of ether oxygens (including phenoxy) is 1. The zero-order valence-corrected chi connectivity index (χ0v) is 15.6. The fourth-order valence-electron chi connectivity index (χ4n) is 1.73. The molecule has 0 saturated carbocycles. The van der Waals surface area contributed by atoms with Crippen LogP contribution in [0, 0.1) is 0 Å². The first kappa shape index (κ1) is 19.3. The summed E-state index contributed by atoms with van der Waals surface area (Å²) in [6.07, 6.45) is 0.878. The fraction of sp³-hybridized carbons (Fsp3) is 0.500. The molecule has 1 rings (SSSR count). The fourth-order valence-corrected chi connectivity index (χ4v) is 2.09. The maximum Gasteiger partial charge on any atom is 0.418 e. The third kappa shape index (κ3) is 6.48. The number of imide groups is 1. The van der Waals surface area contributed by atoms with Gasteiger partial charge in [-0.15, -0.1) is 0 Å². The second-order valence-electron chi connectivity index (χ2n) is 6.15. The quantitative estimate of drug-likeness (QED) is 0.741. The first-order valence-corrected chi connectivity index (χ1v) is 8.30. The number of nitrogens with zero attached hydrogens (tertiary/aromatic N) is 1. The van der Waals surface area contributed by atoms with Crippen molar-refractivity contribution in [2.45, 2.75) is 46.1 Å². The normalized spacial score (nSPS) is 11.0. The summed E-state index contributed by atoms with van der Waals surface area (Å²) in [6.45, 7) is 7.54. The van der Waals surface area contributed by atoms with E-state index in [-0.39, 0.29) is 6.54 Å². The molecule has 1 aromatic rings. The Bertz CT molecular complexity index is 570. The van der Waals surface area contributed by atoms with E-state index in [1.54, 1.807) is 39.0 Å². The lowest BCUT2D eigenvalue weighted by atomic mass is 10.2. The minimum absolute atomic E-state index is 0.283. The first-order valence-electron chi connectivity index (χ1n) is 7.50. The number of benzene rings is 1. The van der Waals surface area contributed by atoms with Crippen LogP contribution in [0.3, 0.4) is 0 Å². The highest BCUT2D eigenvalue weighted by Crippen LogP contribution is 2.24. The van der Waals surface area contributed by atoms with E-state index in [4.69, 9.17) is 10.5 Å². The lowest BCUT2D eigenvalue weighted by molar-refractivity contribution is 0.0331. The molecule has 1 aromatic carbocycles. The lowest BCUT2D eigenvalue weighted by Gasteiger charge is -2.26. The highest BCUT2D eigenvalue weighted by atomic mass is 79.9. The Morgan fingerprint density at radius 2 is 2.00 bits per heavy atom. The number of nitrogens with one attached hydrogen (secondary N) is 1. The molecule has 0 atom stereocenters. The molecule has 0 aromatic heterocycles. The molecule has 0 fully saturated rings. The molecule has 6 nitrogen and oxygen atoms in total. The second kappa shape index (κ2) is 8.19. The number of amides is 3. The maximum atomic E-state index is 12.5. The van der Waals surface area contributed by atoms with Gasteiger partial charge >= 0.3 is 12.1 Å². The molecule has 0 aliphatic heterocycles. The predicted molar refractivity (Wildman–Crippen MR) is 95.4 cm³/mol. The Morgan fingerprint density at radius 1 is 1.35 bits per heavy atom. The van der Waals surface area contributed by atoms with E-state index >= 15 is 0 Å². The van der Waals surface area contributed by atoms with Crippen LogP contribution < -0.4 is 11.1 Å². The number of carbonyl (C=O) groups is 2. The van der Waals surface area contributed by atoms with Gasteiger partial charge in [-0.25, -0.2) is 14.5 Å². The van der Waals surface area contributed by atoms with Gasteiger partial charge in [-0.05, 0) is 45.4 Å². The average molecular weight is 386 g/mol. The molecule has 0 aliphatic carbocycles. The van der Waals surface area contributed by atoms with Crippen LogP contribution in [-0.2, 0) is 4.74 Å². The van der Waals surface area contributed by atoms with Gasteiger partial charge in [-0.1, -0.05) is 29.3 Å². The summed E-state index contributed by atoms with van der Waals surface area (Å²) in [5, 5.41) is 2.66. The Hall–Kier alpha value is -1.76. The van der Waals surface area contributed by atoms with E-state index in [1.807, 2.05) is 6.92 Å². The molecule has 0 bridgehead atoms. The van der Waals surface area contributed by atoms with Gasteiger partial charge in [0.15, 0.2) is 0 Å². The van der Waals surface area contributed by atoms with Crippen molar-refractivity contribution in [3.05, 3.63) is 22.7 Å². The van der Waals surface area contributed by atoms with E-state index < -0.39 is 17.7 Å². The second-order valence-corrected chi connectivity index (χ2v) is 7.06. The van der Waals surface area contributed by atoms with Crippen LogP contribution >= 0.6 is 15.9 Å². The van der Waals surface area contributed by atoms with Crippen molar-refractivity contribution < 1.29 is 14.3 Å². The molecule has 7 heteroatoms. The van der Waals surface area contributed by atoms with Crippen LogP contribution in [0.5, 0.6) is 0 Å². The predicted octanol–water partition coefficient (Wildman–Crippen LogP) is 4.60. The summed E-state index contributed by atoms with van der Waals surface area (Å²) in [5.74, 6) is 0. The molecule has 3 N–H and O–H groups in total. The Kier molecular flexibility index (Phi) is 6.87. The molecular formula is C16H24BrN3O3. The number of anilines is 2. The van der Waals surface area contributed by atoms with Crippen molar-refractivity contribution in [3.8, 4) is 0 Å². The third-order valence-corrected chi connectivity index (χ3v) is 3.34. The number of hydrogen-bond acceptors (Lipinski definition) is 4. The lowest BCUT2D eigenvalue weighted by Crippen LogP contribution is -2.43. The topological polar surface area (TPSA) is 84.7 Å². The Labute approximate surface area is 145 Å². The number of hydrogen-bond donors (Lipinski definition) is 2. The van der Waals surface area contributed by atoms with Crippen LogP contribution in [0.2, 0.25) is 0 Å². The maximum absolute atomic E-state index is 12.5.